The second kappa shape index (κ2) is 14.8. The Morgan fingerprint density at radius 3 is 1.88 bits per heavy atom. The second-order valence-corrected chi connectivity index (χ2v) is 6.13. The van der Waals surface area contributed by atoms with Crippen LogP contribution in [-0.2, 0) is 6.42 Å². The molecular formula is C18H33N5O2. The molecule has 0 aliphatic heterocycles. The number of nitro benzene ring substituents is 1. The predicted molar refractivity (Wildman–Crippen MR) is 103 cm³/mol. The van der Waals surface area contributed by atoms with E-state index in [1.54, 1.807) is 12.1 Å². The van der Waals surface area contributed by atoms with Gasteiger partial charge in [-0.25, -0.2) is 0 Å². The normalized spacial score (nSPS) is 10.9. The summed E-state index contributed by atoms with van der Waals surface area (Å²) in [4.78, 5) is 10.2. The minimum Gasteiger partial charge on any atom is -0.330 e. The Hall–Kier alpha value is -1.54. The van der Waals surface area contributed by atoms with Crippen molar-refractivity contribution in [2.24, 2.45) is 5.73 Å². The van der Waals surface area contributed by atoms with Crippen LogP contribution in [0.1, 0.15) is 31.2 Å². The van der Waals surface area contributed by atoms with Crippen molar-refractivity contribution in [1.29, 1.82) is 0 Å². The molecule has 1 aromatic rings. The zero-order chi connectivity index (χ0) is 18.2. The Balaban J connectivity index is 1.85. The van der Waals surface area contributed by atoms with Crippen molar-refractivity contribution in [3.63, 3.8) is 0 Å². The van der Waals surface area contributed by atoms with Crippen LogP contribution in [0.2, 0.25) is 0 Å². The van der Waals surface area contributed by atoms with Crippen molar-refractivity contribution in [3.8, 4) is 0 Å². The molecule has 0 bridgehead atoms. The van der Waals surface area contributed by atoms with Crippen molar-refractivity contribution in [1.82, 2.24) is 16.0 Å². The molecule has 0 radical (unpaired) electrons. The fourth-order valence-corrected chi connectivity index (χ4v) is 2.46. The third-order valence-corrected chi connectivity index (χ3v) is 3.96. The molecule has 5 N–H and O–H groups in total. The Morgan fingerprint density at radius 1 is 0.800 bits per heavy atom. The summed E-state index contributed by atoms with van der Waals surface area (Å²) in [7, 11) is 0. The Labute approximate surface area is 150 Å². The van der Waals surface area contributed by atoms with Crippen LogP contribution in [0.5, 0.6) is 0 Å². The summed E-state index contributed by atoms with van der Waals surface area (Å²) in [6, 6.07) is 6.78. The van der Waals surface area contributed by atoms with Gasteiger partial charge in [0.25, 0.3) is 5.69 Å². The molecule has 0 atom stereocenters. The fourth-order valence-electron chi connectivity index (χ4n) is 2.46. The van der Waals surface area contributed by atoms with Gasteiger partial charge in [0.15, 0.2) is 0 Å². The van der Waals surface area contributed by atoms with Crippen molar-refractivity contribution < 1.29 is 4.92 Å². The van der Waals surface area contributed by atoms with E-state index in [4.69, 9.17) is 5.73 Å². The van der Waals surface area contributed by atoms with Gasteiger partial charge in [0.1, 0.15) is 0 Å². The van der Waals surface area contributed by atoms with Gasteiger partial charge >= 0.3 is 0 Å². The highest BCUT2D eigenvalue weighted by molar-refractivity contribution is 5.32. The third kappa shape index (κ3) is 11.6. The number of non-ortho nitro benzene ring substituents is 1. The number of nitrogens with zero attached hydrogens (tertiary/aromatic N) is 1. The number of nitrogens with two attached hydrogens (primary N) is 1. The topological polar surface area (TPSA) is 105 Å². The van der Waals surface area contributed by atoms with Gasteiger partial charge in [0, 0.05) is 12.1 Å². The van der Waals surface area contributed by atoms with Crippen LogP contribution in [0.15, 0.2) is 24.3 Å². The standard InChI is InChI=1S/C18H33N5O2/c19-10-3-13-20-11-1-2-12-21-14-4-15-22-16-9-17-5-7-18(8-6-17)23(24)25/h5-8,20-22H,1-4,9-16,19H2. The number of nitrogens with one attached hydrogen (secondary N) is 3. The number of hydrogen-bond acceptors (Lipinski definition) is 6. The molecule has 0 aliphatic rings. The van der Waals surface area contributed by atoms with E-state index in [0.29, 0.717) is 0 Å². The summed E-state index contributed by atoms with van der Waals surface area (Å²) in [5, 5.41) is 20.8. The van der Waals surface area contributed by atoms with E-state index < -0.39 is 0 Å². The van der Waals surface area contributed by atoms with E-state index in [9.17, 15) is 10.1 Å². The van der Waals surface area contributed by atoms with Gasteiger partial charge in [0.2, 0.25) is 0 Å². The predicted octanol–water partition coefficient (Wildman–Crippen LogP) is 1.43. The van der Waals surface area contributed by atoms with Gasteiger partial charge in [-0.1, -0.05) is 12.1 Å². The summed E-state index contributed by atoms with van der Waals surface area (Å²) in [6.45, 7) is 6.84. The van der Waals surface area contributed by atoms with Gasteiger partial charge in [-0.05, 0) is 83.5 Å². The number of benzene rings is 1. The zero-order valence-corrected chi connectivity index (χ0v) is 15.1. The lowest BCUT2D eigenvalue weighted by atomic mass is 10.1. The highest BCUT2D eigenvalue weighted by Gasteiger charge is 2.03. The van der Waals surface area contributed by atoms with E-state index in [2.05, 4.69) is 16.0 Å². The van der Waals surface area contributed by atoms with Crippen LogP contribution < -0.4 is 21.7 Å². The Bertz CT molecular complexity index is 453. The molecule has 0 aromatic heterocycles. The molecule has 0 fully saturated rings. The first-order valence-electron chi connectivity index (χ1n) is 9.29. The number of unbranched alkanes of at least 4 members (excludes halogenated alkanes) is 1. The van der Waals surface area contributed by atoms with Gasteiger partial charge in [0.05, 0.1) is 4.92 Å². The van der Waals surface area contributed by atoms with E-state index in [-0.39, 0.29) is 10.6 Å². The first-order chi connectivity index (χ1) is 12.2. The Morgan fingerprint density at radius 2 is 1.32 bits per heavy atom. The summed E-state index contributed by atoms with van der Waals surface area (Å²) in [5.41, 5.74) is 6.70. The minimum atomic E-state index is -0.368. The molecule has 0 aliphatic carbocycles. The largest absolute Gasteiger partial charge is 0.330 e. The molecule has 0 saturated carbocycles. The molecule has 1 aromatic carbocycles. The van der Waals surface area contributed by atoms with Crippen LogP contribution in [-0.4, -0.2) is 50.7 Å². The molecule has 7 nitrogen and oxygen atoms in total. The molecule has 0 heterocycles. The van der Waals surface area contributed by atoms with Gasteiger partial charge in [-0.15, -0.1) is 0 Å². The van der Waals surface area contributed by atoms with E-state index in [0.717, 1.165) is 70.6 Å². The SMILES string of the molecule is NCCCNCCCCNCCCNCCc1ccc([N+](=O)[O-])cc1. The highest BCUT2D eigenvalue weighted by atomic mass is 16.6. The van der Waals surface area contributed by atoms with Crippen LogP contribution >= 0.6 is 0 Å². The van der Waals surface area contributed by atoms with Gasteiger partial charge in [-0.3, -0.25) is 10.1 Å². The molecule has 1 rings (SSSR count). The first kappa shape index (κ1) is 21.5. The molecule has 0 spiro atoms. The first-order valence-corrected chi connectivity index (χ1v) is 9.29. The number of nitro groups is 1. The molecule has 0 amide bonds. The van der Waals surface area contributed by atoms with Crippen LogP contribution in [0, 0.1) is 10.1 Å². The quantitative estimate of drug-likeness (QED) is 0.204. The smallest absolute Gasteiger partial charge is 0.269 e. The van der Waals surface area contributed by atoms with Crippen molar-refractivity contribution in [2.75, 3.05) is 45.8 Å². The minimum absolute atomic E-state index is 0.147. The molecule has 7 heteroatoms. The lowest BCUT2D eigenvalue weighted by molar-refractivity contribution is -0.384. The van der Waals surface area contributed by atoms with E-state index >= 15 is 0 Å². The maximum atomic E-state index is 10.6. The maximum absolute atomic E-state index is 10.6. The second-order valence-electron chi connectivity index (χ2n) is 6.13. The van der Waals surface area contributed by atoms with Crippen molar-refractivity contribution in [2.45, 2.75) is 32.1 Å². The molecule has 0 saturated heterocycles. The Kier molecular flexibility index (Phi) is 12.7. The summed E-state index contributed by atoms with van der Waals surface area (Å²) < 4.78 is 0. The third-order valence-electron chi connectivity index (χ3n) is 3.96. The van der Waals surface area contributed by atoms with Gasteiger partial charge < -0.3 is 21.7 Å². The molecule has 142 valence electrons. The summed E-state index contributed by atoms with van der Waals surface area (Å²) in [5.74, 6) is 0. The average molecular weight is 351 g/mol. The highest BCUT2D eigenvalue weighted by Crippen LogP contribution is 2.11. The number of rotatable bonds is 16. The van der Waals surface area contributed by atoms with Gasteiger partial charge in [-0.2, -0.15) is 0 Å². The van der Waals surface area contributed by atoms with Crippen LogP contribution in [0.3, 0.4) is 0 Å². The lowest BCUT2D eigenvalue weighted by Gasteiger charge is -2.07. The molecule has 0 unspecified atom stereocenters. The number of hydrogen-bond donors (Lipinski definition) is 4. The zero-order valence-electron chi connectivity index (χ0n) is 15.1. The van der Waals surface area contributed by atoms with E-state index in [1.807, 2.05) is 12.1 Å². The van der Waals surface area contributed by atoms with E-state index in [1.165, 1.54) is 12.8 Å². The average Bonchev–Trinajstić information content (AvgIpc) is 2.62. The van der Waals surface area contributed by atoms with Crippen LogP contribution in [0.4, 0.5) is 5.69 Å². The monoisotopic (exact) mass is 351 g/mol. The summed E-state index contributed by atoms with van der Waals surface area (Å²) in [6.07, 6.45) is 5.45. The lowest BCUT2D eigenvalue weighted by Crippen LogP contribution is -2.25. The summed E-state index contributed by atoms with van der Waals surface area (Å²) >= 11 is 0. The van der Waals surface area contributed by atoms with Crippen molar-refractivity contribution in [3.05, 3.63) is 39.9 Å². The fraction of sp³-hybridized carbons (Fsp3) is 0.667. The molecular weight excluding hydrogens is 318 g/mol. The maximum Gasteiger partial charge on any atom is 0.269 e. The van der Waals surface area contributed by atoms with Crippen molar-refractivity contribution >= 4 is 5.69 Å². The molecule has 25 heavy (non-hydrogen) atoms. The van der Waals surface area contributed by atoms with Crippen LogP contribution in [0.25, 0.3) is 0 Å².